The van der Waals surface area contributed by atoms with E-state index in [2.05, 4.69) is 10.6 Å². The van der Waals surface area contributed by atoms with E-state index in [0.717, 1.165) is 25.9 Å². The van der Waals surface area contributed by atoms with Gasteiger partial charge in [0.25, 0.3) is 0 Å². The number of methoxy groups -OCH3 is 1. The number of hydrogen-bond donors (Lipinski definition) is 2. The van der Waals surface area contributed by atoms with E-state index in [1.165, 1.54) is 0 Å². The highest BCUT2D eigenvalue weighted by Gasteiger charge is 2.14. The molecular weight excluding hydrogens is 220 g/mol. The van der Waals surface area contributed by atoms with Crippen molar-refractivity contribution in [3.8, 4) is 0 Å². The normalized spacial score (nSPS) is 18.9. The lowest BCUT2D eigenvalue weighted by Crippen LogP contribution is -2.38. The Morgan fingerprint density at radius 2 is 2.18 bits per heavy atom. The molecular formula is C12H24N2O3. The summed E-state index contributed by atoms with van der Waals surface area (Å²) < 4.78 is 10.4. The molecule has 1 saturated heterocycles. The zero-order chi connectivity index (χ0) is 12.5. The number of amides is 1. The van der Waals surface area contributed by atoms with Gasteiger partial charge in [0.2, 0.25) is 5.91 Å². The van der Waals surface area contributed by atoms with E-state index in [9.17, 15) is 4.79 Å². The molecule has 1 unspecified atom stereocenters. The van der Waals surface area contributed by atoms with Crippen LogP contribution < -0.4 is 10.6 Å². The number of carbonyl (C=O) groups excluding carboxylic acids is 1. The van der Waals surface area contributed by atoms with Crippen LogP contribution in [0.3, 0.4) is 0 Å². The smallest absolute Gasteiger partial charge is 0.246 e. The van der Waals surface area contributed by atoms with Gasteiger partial charge in [-0.15, -0.1) is 0 Å². The summed E-state index contributed by atoms with van der Waals surface area (Å²) in [5.74, 6) is 0.531. The lowest BCUT2D eigenvalue weighted by Gasteiger charge is -2.22. The first-order valence-electron chi connectivity index (χ1n) is 6.29. The third-order valence-corrected chi connectivity index (χ3v) is 2.87. The van der Waals surface area contributed by atoms with E-state index in [-0.39, 0.29) is 18.6 Å². The van der Waals surface area contributed by atoms with Crippen molar-refractivity contribution in [3.63, 3.8) is 0 Å². The second kappa shape index (κ2) is 8.44. The van der Waals surface area contributed by atoms with Gasteiger partial charge in [-0.1, -0.05) is 0 Å². The van der Waals surface area contributed by atoms with Gasteiger partial charge in [0.05, 0.1) is 13.2 Å². The maximum absolute atomic E-state index is 11.5. The lowest BCUT2D eigenvalue weighted by atomic mass is 9.99. The van der Waals surface area contributed by atoms with Gasteiger partial charge in [0, 0.05) is 13.2 Å². The standard InChI is InChI=1S/C12H24N2O3/c1-10(7-16-2)14-12(15)9-17-8-11-3-5-13-6-4-11/h10-11,13H,3-9H2,1-2H3,(H,14,15). The van der Waals surface area contributed by atoms with Crippen molar-refractivity contribution in [1.82, 2.24) is 10.6 Å². The molecule has 0 saturated carbocycles. The van der Waals surface area contributed by atoms with E-state index in [4.69, 9.17) is 9.47 Å². The Morgan fingerprint density at radius 3 is 2.82 bits per heavy atom. The van der Waals surface area contributed by atoms with Crippen molar-refractivity contribution in [2.45, 2.75) is 25.8 Å². The summed E-state index contributed by atoms with van der Waals surface area (Å²) in [5.41, 5.74) is 0. The van der Waals surface area contributed by atoms with Crippen LogP contribution in [0.1, 0.15) is 19.8 Å². The number of ether oxygens (including phenoxy) is 2. The van der Waals surface area contributed by atoms with Crippen molar-refractivity contribution in [3.05, 3.63) is 0 Å². The summed E-state index contributed by atoms with van der Waals surface area (Å²) in [7, 11) is 1.62. The minimum absolute atomic E-state index is 0.0370. The summed E-state index contributed by atoms with van der Waals surface area (Å²) in [5, 5.41) is 6.12. The van der Waals surface area contributed by atoms with Gasteiger partial charge in [-0.3, -0.25) is 4.79 Å². The van der Waals surface area contributed by atoms with Crippen LogP contribution in [-0.4, -0.2) is 52.0 Å². The molecule has 1 rings (SSSR count). The van der Waals surface area contributed by atoms with Crippen molar-refractivity contribution < 1.29 is 14.3 Å². The highest BCUT2D eigenvalue weighted by atomic mass is 16.5. The minimum atomic E-state index is -0.0662. The molecule has 0 aliphatic carbocycles. The molecule has 0 aromatic rings. The van der Waals surface area contributed by atoms with Crippen LogP contribution in [0.4, 0.5) is 0 Å². The van der Waals surface area contributed by atoms with Crippen LogP contribution in [0.25, 0.3) is 0 Å². The van der Waals surface area contributed by atoms with Gasteiger partial charge in [0.15, 0.2) is 0 Å². The van der Waals surface area contributed by atoms with E-state index in [1.54, 1.807) is 7.11 Å². The van der Waals surface area contributed by atoms with Gasteiger partial charge >= 0.3 is 0 Å². The van der Waals surface area contributed by atoms with Crippen molar-refractivity contribution in [2.75, 3.05) is 40.0 Å². The Hall–Kier alpha value is -0.650. The average Bonchev–Trinajstić information content (AvgIpc) is 2.30. The van der Waals surface area contributed by atoms with E-state index in [0.29, 0.717) is 19.1 Å². The largest absolute Gasteiger partial charge is 0.383 e. The fraction of sp³-hybridized carbons (Fsp3) is 0.917. The van der Waals surface area contributed by atoms with Crippen LogP contribution in [0.15, 0.2) is 0 Å². The number of carbonyl (C=O) groups is 1. The second-order valence-electron chi connectivity index (χ2n) is 4.63. The summed E-state index contributed by atoms with van der Waals surface area (Å²) in [6, 6.07) is 0.0370. The third-order valence-electron chi connectivity index (χ3n) is 2.87. The molecule has 1 heterocycles. The zero-order valence-electron chi connectivity index (χ0n) is 10.8. The number of hydrogen-bond acceptors (Lipinski definition) is 4. The Kier molecular flexibility index (Phi) is 7.16. The quantitative estimate of drug-likeness (QED) is 0.669. The van der Waals surface area contributed by atoms with Crippen LogP contribution in [0.5, 0.6) is 0 Å². The molecule has 17 heavy (non-hydrogen) atoms. The summed E-state index contributed by atoms with van der Waals surface area (Å²) >= 11 is 0. The van der Waals surface area contributed by atoms with Gasteiger partial charge in [-0.25, -0.2) is 0 Å². The molecule has 5 heteroatoms. The molecule has 0 radical (unpaired) electrons. The van der Waals surface area contributed by atoms with Crippen LogP contribution in [-0.2, 0) is 14.3 Å². The molecule has 2 N–H and O–H groups in total. The molecule has 5 nitrogen and oxygen atoms in total. The molecule has 0 aromatic heterocycles. The first-order chi connectivity index (χ1) is 8.22. The molecule has 1 fully saturated rings. The monoisotopic (exact) mass is 244 g/mol. The SMILES string of the molecule is COCC(C)NC(=O)COCC1CCNCC1. The molecule has 1 aliphatic rings. The number of rotatable bonds is 7. The second-order valence-corrected chi connectivity index (χ2v) is 4.63. The number of piperidine rings is 1. The third kappa shape index (κ3) is 6.61. The minimum Gasteiger partial charge on any atom is -0.383 e. The first-order valence-corrected chi connectivity index (χ1v) is 6.29. The molecule has 1 aliphatic heterocycles. The predicted molar refractivity (Wildman–Crippen MR) is 65.9 cm³/mol. The summed E-state index contributed by atoms with van der Waals surface area (Å²) in [6.45, 7) is 5.40. The van der Waals surface area contributed by atoms with E-state index in [1.807, 2.05) is 6.92 Å². The predicted octanol–water partition coefficient (Wildman–Crippen LogP) is 0.154. The molecule has 1 atom stereocenters. The molecule has 0 aromatic carbocycles. The Labute approximate surface area is 103 Å². The number of nitrogens with one attached hydrogen (secondary N) is 2. The maximum Gasteiger partial charge on any atom is 0.246 e. The zero-order valence-corrected chi connectivity index (χ0v) is 10.8. The fourth-order valence-electron chi connectivity index (χ4n) is 1.97. The van der Waals surface area contributed by atoms with Crippen LogP contribution in [0.2, 0.25) is 0 Å². The average molecular weight is 244 g/mol. The fourth-order valence-corrected chi connectivity index (χ4v) is 1.97. The molecule has 100 valence electrons. The van der Waals surface area contributed by atoms with Crippen molar-refractivity contribution in [1.29, 1.82) is 0 Å². The topological polar surface area (TPSA) is 59.6 Å². The maximum atomic E-state index is 11.5. The Balaban J connectivity index is 2.03. The van der Waals surface area contributed by atoms with E-state index < -0.39 is 0 Å². The highest BCUT2D eigenvalue weighted by molar-refractivity contribution is 5.77. The first kappa shape index (κ1) is 14.4. The summed E-state index contributed by atoms with van der Waals surface area (Å²) in [4.78, 5) is 11.5. The van der Waals surface area contributed by atoms with E-state index >= 15 is 0 Å². The van der Waals surface area contributed by atoms with Gasteiger partial charge in [-0.2, -0.15) is 0 Å². The Morgan fingerprint density at radius 1 is 1.47 bits per heavy atom. The lowest BCUT2D eigenvalue weighted by molar-refractivity contribution is -0.127. The van der Waals surface area contributed by atoms with Crippen LogP contribution >= 0.6 is 0 Å². The Bertz CT molecular complexity index is 218. The van der Waals surface area contributed by atoms with Crippen molar-refractivity contribution >= 4 is 5.91 Å². The van der Waals surface area contributed by atoms with Gasteiger partial charge < -0.3 is 20.1 Å². The van der Waals surface area contributed by atoms with Crippen molar-refractivity contribution in [2.24, 2.45) is 5.92 Å². The van der Waals surface area contributed by atoms with Gasteiger partial charge in [-0.05, 0) is 38.8 Å². The molecule has 0 spiro atoms. The molecule has 0 bridgehead atoms. The van der Waals surface area contributed by atoms with Gasteiger partial charge in [0.1, 0.15) is 6.61 Å². The molecule has 1 amide bonds. The summed E-state index contributed by atoms with van der Waals surface area (Å²) in [6.07, 6.45) is 2.28. The van der Waals surface area contributed by atoms with Crippen LogP contribution in [0, 0.1) is 5.92 Å². The highest BCUT2D eigenvalue weighted by Crippen LogP contribution is 2.11.